The highest BCUT2D eigenvalue weighted by Gasteiger charge is 2.34. The van der Waals surface area contributed by atoms with Crippen LogP contribution in [0.1, 0.15) is 55.4 Å². The summed E-state index contributed by atoms with van der Waals surface area (Å²) in [4.78, 5) is 44.0. The zero-order valence-corrected chi connectivity index (χ0v) is 15.8. The van der Waals surface area contributed by atoms with Crippen molar-refractivity contribution in [2.45, 2.75) is 19.3 Å². The zero-order valence-electron chi connectivity index (χ0n) is 15.8. The molecule has 0 aliphatic heterocycles. The second-order valence-electron chi connectivity index (χ2n) is 6.72. The number of amides is 1. The molecule has 0 radical (unpaired) electrons. The second-order valence-corrected chi connectivity index (χ2v) is 6.72. The van der Waals surface area contributed by atoms with Crippen molar-refractivity contribution in [2.24, 2.45) is 0 Å². The molecule has 2 aromatic carbocycles. The second kappa shape index (κ2) is 7.71. The fourth-order valence-corrected chi connectivity index (χ4v) is 3.44. The molecule has 0 bridgehead atoms. The Hall–Kier alpha value is -3.74. The third-order valence-corrected chi connectivity index (χ3v) is 4.84. The summed E-state index contributed by atoms with van der Waals surface area (Å²) in [6.07, 6.45) is 1.93. The fraction of sp³-hybridized carbons (Fsp3) is 0.182. The number of hydrogen-bond acceptors (Lipinski definition) is 5. The number of esters is 1. The first-order valence-electron chi connectivity index (χ1n) is 9.32. The SMILES string of the molecule is CCOC(=O)c1ncc(C2Cc3cc(C(=O)Nc4ccccc4)ccc3C2=O)[nH]1. The smallest absolute Gasteiger partial charge is 0.374 e. The van der Waals surface area contributed by atoms with Gasteiger partial charge in [0.05, 0.1) is 12.5 Å². The molecule has 1 heterocycles. The zero-order chi connectivity index (χ0) is 20.4. The number of benzene rings is 2. The van der Waals surface area contributed by atoms with Crippen molar-refractivity contribution in [1.29, 1.82) is 0 Å². The Morgan fingerprint density at radius 3 is 2.76 bits per heavy atom. The number of H-pyrrole nitrogens is 1. The molecule has 1 atom stereocenters. The highest BCUT2D eigenvalue weighted by atomic mass is 16.5. The fourth-order valence-electron chi connectivity index (χ4n) is 3.44. The summed E-state index contributed by atoms with van der Waals surface area (Å²) < 4.78 is 4.92. The van der Waals surface area contributed by atoms with Crippen LogP contribution in [0.2, 0.25) is 0 Å². The van der Waals surface area contributed by atoms with Crippen molar-refractivity contribution in [1.82, 2.24) is 9.97 Å². The highest BCUT2D eigenvalue weighted by molar-refractivity contribution is 6.08. The van der Waals surface area contributed by atoms with Gasteiger partial charge in [-0.15, -0.1) is 0 Å². The average Bonchev–Trinajstić information content (AvgIpc) is 3.34. The number of aromatic nitrogens is 2. The van der Waals surface area contributed by atoms with Crippen LogP contribution in [-0.4, -0.2) is 34.2 Å². The van der Waals surface area contributed by atoms with Gasteiger partial charge >= 0.3 is 5.97 Å². The number of rotatable bonds is 5. The predicted octanol–water partition coefficient (Wildman–Crippen LogP) is 3.36. The van der Waals surface area contributed by atoms with Crippen LogP contribution in [-0.2, 0) is 11.2 Å². The predicted molar refractivity (Wildman–Crippen MR) is 106 cm³/mol. The molecule has 1 aromatic heterocycles. The molecule has 7 nitrogen and oxygen atoms in total. The van der Waals surface area contributed by atoms with E-state index in [1.807, 2.05) is 30.3 Å². The number of aromatic amines is 1. The third-order valence-electron chi connectivity index (χ3n) is 4.84. The molecule has 0 saturated carbocycles. The summed E-state index contributed by atoms with van der Waals surface area (Å²) in [7, 11) is 0. The number of ether oxygens (including phenoxy) is 1. The van der Waals surface area contributed by atoms with Gasteiger partial charge in [-0.1, -0.05) is 24.3 Å². The first-order chi connectivity index (χ1) is 14.1. The summed E-state index contributed by atoms with van der Waals surface area (Å²) in [5.41, 5.74) is 3.13. The lowest BCUT2D eigenvalue weighted by atomic mass is 10.0. The number of Topliss-reactive ketones (excluding diaryl/α,β-unsaturated/α-hetero) is 1. The molecule has 146 valence electrons. The van der Waals surface area contributed by atoms with Crippen molar-refractivity contribution in [3.63, 3.8) is 0 Å². The van der Waals surface area contributed by atoms with Crippen molar-refractivity contribution >= 4 is 23.3 Å². The van der Waals surface area contributed by atoms with Gasteiger partial charge in [0.2, 0.25) is 5.82 Å². The van der Waals surface area contributed by atoms with Gasteiger partial charge in [0, 0.05) is 28.7 Å². The van der Waals surface area contributed by atoms with E-state index < -0.39 is 11.9 Å². The average molecular weight is 389 g/mol. The Labute approximate surface area is 167 Å². The highest BCUT2D eigenvalue weighted by Crippen LogP contribution is 2.34. The minimum atomic E-state index is -0.554. The number of para-hydroxylation sites is 1. The van der Waals surface area contributed by atoms with Gasteiger partial charge in [-0.05, 0) is 43.2 Å². The van der Waals surface area contributed by atoms with Gasteiger partial charge in [0.15, 0.2) is 5.78 Å². The van der Waals surface area contributed by atoms with E-state index in [9.17, 15) is 14.4 Å². The number of fused-ring (bicyclic) bond motifs is 1. The van der Waals surface area contributed by atoms with Crippen molar-refractivity contribution in [3.8, 4) is 0 Å². The van der Waals surface area contributed by atoms with E-state index in [-0.39, 0.29) is 24.1 Å². The van der Waals surface area contributed by atoms with Crippen LogP contribution < -0.4 is 5.32 Å². The van der Waals surface area contributed by atoms with Gasteiger partial charge in [-0.25, -0.2) is 9.78 Å². The molecule has 0 spiro atoms. The Morgan fingerprint density at radius 1 is 1.21 bits per heavy atom. The van der Waals surface area contributed by atoms with Gasteiger partial charge in [-0.3, -0.25) is 9.59 Å². The van der Waals surface area contributed by atoms with E-state index in [1.165, 1.54) is 6.20 Å². The molecule has 1 aliphatic rings. The molecule has 3 aromatic rings. The van der Waals surface area contributed by atoms with Crippen molar-refractivity contribution < 1.29 is 19.1 Å². The number of carbonyl (C=O) groups excluding carboxylic acids is 3. The maximum atomic E-state index is 12.8. The third kappa shape index (κ3) is 3.67. The van der Waals surface area contributed by atoms with Gasteiger partial charge < -0.3 is 15.0 Å². The van der Waals surface area contributed by atoms with Crippen LogP contribution >= 0.6 is 0 Å². The monoisotopic (exact) mass is 389 g/mol. The molecule has 4 rings (SSSR count). The molecular weight excluding hydrogens is 370 g/mol. The summed E-state index contributed by atoms with van der Waals surface area (Å²) in [6, 6.07) is 14.3. The van der Waals surface area contributed by atoms with Crippen molar-refractivity contribution in [3.05, 3.63) is 82.9 Å². The lowest BCUT2D eigenvalue weighted by Crippen LogP contribution is -2.12. The van der Waals surface area contributed by atoms with E-state index in [0.29, 0.717) is 28.9 Å². The normalized spacial score (nSPS) is 15.1. The van der Waals surface area contributed by atoms with E-state index in [1.54, 1.807) is 25.1 Å². The first kappa shape index (κ1) is 18.6. The van der Waals surface area contributed by atoms with E-state index in [0.717, 1.165) is 5.56 Å². The van der Waals surface area contributed by atoms with Crippen molar-refractivity contribution in [2.75, 3.05) is 11.9 Å². The van der Waals surface area contributed by atoms with E-state index >= 15 is 0 Å². The summed E-state index contributed by atoms with van der Waals surface area (Å²) in [5, 5.41) is 2.84. The minimum Gasteiger partial charge on any atom is -0.460 e. The lowest BCUT2D eigenvalue weighted by molar-refractivity contribution is 0.0512. The standard InChI is InChI=1S/C22H19N3O4/c1-2-29-22(28)20-23-12-18(25-20)17-11-14-10-13(8-9-16(14)19(17)26)21(27)24-15-6-4-3-5-7-15/h3-10,12,17H,2,11H2,1H3,(H,23,25)(H,24,27). The number of carbonyl (C=O) groups is 3. The molecular formula is C22H19N3O4. The van der Waals surface area contributed by atoms with Crippen LogP contribution in [0.4, 0.5) is 5.69 Å². The van der Waals surface area contributed by atoms with Crippen LogP contribution in [0.15, 0.2) is 54.7 Å². The molecule has 2 N–H and O–H groups in total. The molecule has 0 fully saturated rings. The van der Waals surface area contributed by atoms with Gasteiger partial charge in [0.1, 0.15) is 0 Å². The number of ketones is 1. The largest absolute Gasteiger partial charge is 0.460 e. The number of imidazole rings is 1. The first-order valence-corrected chi connectivity index (χ1v) is 9.32. The van der Waals surface area contributed by atoms with Crippen LogP contribution in [0.25, 0.3) is 0 Å². The number of nitrogens with one attached hydrogen (secondary N) is 2. The Morgan fingerprint density at radius 2 is 2.00 bits per heavy atom. The maximum absolute atomic E-state index is 12.8. The number of nitrogens with zero attached hydrogens (tertiary/aromatic N) is 1. The van der Waals surface area contributed by atoms with Crippen LogP contribution in [0, 0.1) is 0 Å². The van der Waals surface area contributed by atoms with Gasteiger partial charge in [-0.2, -0.15) is 0 Å². The molecule has 0 saturated heterocycles. The summed E-state index contributed by atoms with van der Waals surface area (Å²) in [6.45, 7) is 1.96. The Balaban J connectivity index is 1.53. The van der Waals surface area contributed by atoms with E-state index in [4.69, 9.17) is 4.74 Å². The summed E-state index contributed by atoms with van der Waals surface area (Å²) in [5.74, 6) is -1.24. The summed E-state index contributed by atoms with van der Waals surface area (Å²) >= 11 is 0. The minimum absolute atomic E-state index is 0.0610. The van der Waals surface area contributed by atoms with Crippen LogP contribution in [0.3, 0.4) is 0 Å². The van der Waals surface area contributed by atoms with E-state index in [2.05, 4.69) is 15.3 Å². The molecule has 1 unspecified atom stereocenters. The van der Waals surface area contributed by atoms with Crippen LogP contribution in [0.5, 0.6) is 0 Å². The molecule has 29 heavy (non-hydrogen) atoms. The number of anilines is 1. The molecule has 7 heteroatoms. The quantitative estimate of drug-likeness (QED) is 0.652. The lowest BCUT2D eigenvalue weighted by Gasteiger charge is -2.06. The Bertz CT molecular complexity index is 1090. The molecule has 1 amide bonds. The van der Waals surface area contributed by atoms with Gasteiger partial charge in [0.25, 0.3) is 5.91 Å². The maximum Gasteiger partial charge on any atom is 0.374 e. The Kier molecular flexibility index (Phi) is 4.95. The topological polar surface area (TPSA) is 101 Å². The number of hydrogen-bond donors (Lipinski definition) is 2. The molecule has 1 aliphatic carbocycles.